The van der Waals surface area contributed by atoms with Crippen molar-refractivity contribution in [2.75, 3.05) is 13.2 Å². The average molecular weight is 793 g/mol. The van der Waals surface area contributed by atoms with Gasteiger partial charge in [0.2, 0.25) is 11.4 Å². The number of rotatable bonds is 10. The lowest BCUT2D eigenvalue weighted by Gasteiger charge is -2.03. The topological polar surface area (TPSA) is 148 Å². The van der Waals surface area contributed by atoms with Gasteiger partial charge in [-0.1, -0.05) is 13.8 Å². The highest BCUT2D eigenvalue weighted by atomic mass is 32.1. The van der Waals surface area contributed by atoms with Crippen LogP contribution in [-0.4, -0.2) is 33.8 Å². The second-order valence-electron chi connectivity index (χ2n) is 11.6. The number of hydrogen-bond acceptors (Lipinski definition) is 14. The van der Waals surface area contributed by atoms with Gasteiger partial charge in [0, 0.05) is 26.2 Å². The zero-order chi connectivity index (χ0) is 36.3. The minimum atomic E-state index is -0.183. The molecule has 52 heavy (non-hydrogen) atoms. The van der Waals surface area contributed by atoms with E-state index in [0.717, 1.165) is 43.4 Å². The first-order valence-electron chi connectivity index (χ1n) is 16.0. The molecule has 0 unspecified atom stereocenters. The van der Waals surface area contributed by atoms with Gasteiger partial charge in [0.25, 0.3) is 0 Å². The molecule has 8 aromatic heterocycles. The molecule has 0 aliphatic heterocycles. The molecule has 0 spiro atoms. The molecule has 0 aromatic carbocycles. The van der Waals surface area contributed by atoms with Crippen LogP contribution in [0.25, 0.3) is 69.8 Å². The van der Waals surface area contributed by atoms with Crippen LogP contribution < -0.4 is 9.47 Å². The van der Waals surface area contributed by atoms with Gasteiger partial charge in [0.15, 0.2) is 0 Å². The lowest BCUT2D eigenvalue weighted by Crippen LogP contribution is -1.94. The molecule has 0 saturated heterocycles. The fourth-order valence-corrected chi connectivity index (χ4v) is 13.9. The van der Waals surface area contributed by atoms with Crippen LogP contribution in [0.15, 0.2) is 34.3 Å². The molecule has 0 fully saturated rings. The Balaban J connectivity index is 1.24. The first kappa shape index (κ1) is 34.1. The van der Waals surface area contributed by atoms with E-state index in [9.17, 15) is 21.0 Å². The molecule has 10 nitrogen and oxygen atoms in total. The highest BCUT2D eigenvalue weighted by molar-refractivity contribution is 7.40. The van der Waals surface area contributed by atoms with Crippen LogP contribution >= 0.6 is 68.0 Å². The van der Waals surface area contributed by atoms with Crippen LogP contribution in [0.5, 0.6) is 11.5 Å². The summed E-state index contributed by atoms with van der Waals surface area (Å²) in [5.41, 5.74) is 4.38. The molecule has 0 amide bonds. The Morgan fingerprint density at radius 2 is 0.962 bits per heavy atom. The number of ether oxygens (including phenoxy) is 2. The summed E-state index contributed by atoms with van der Waals surface area (Å²) < 4.78 is 24.3. The van der Waals surface area contributed by atoms with Crippen molar-refractivity contribution in [3.05, 3.63) is 24.3 Å². The second kappa shape index (κ2) is 13.5. The van der Waals surface area contributed by atoms with Crippen LogP contribution in [0.2, 0.25) is 0 Å². The van der Waals surface area contributed by atoms with E-state index in [1.165, 1.54) is 61.9 Å². The van der Waals surface area contributed by atoms with Gasteiger partial charge in [-0.2, -0.15) is 21.0 Å². The van der Waals surface area contributed by atoms with Crippen molar-refractivity contribution in [1.29, 1.82) is 21.0 Å². The van der Waals surface area contributed by atoms with E-state index >= 15 is 0 Å². The van der Waals surface area contributed by atoms with Crippen LogP contribution in [0, 0.1) is 45.3 Å². The van der Waals surface area contributed by atoms with Crippen molar-refractivity contribution in [3.63, 3.8) is 0 Å². The van der Waals surface area contributed by atoms with E-state index < -0.39 is 0 Å². The maximum absolute atomic E-state index is 9.26. The molecule has 0 aliphatic carbocycles. The lowest BCUT2D eigenvalue weighted by atomic mass is 10.3. The van der Waals surface area contributed by atoms with Crippen molar-refractivity contribution in [2.24, 2.45) is 24.1 Å². The molecule has 8 rings (SSSR count). The summed E-state index contributed by atoms with van der Waals surface area (Å²) in [4.78, 5) is 12.5. The van der Waals surface area contributed by atoms with Crippen LogP contribution in [0.4, 0.5) is 10.0 Å². The molecule has 16 heteroatoms. The minimum Gasteiger partial charge on any atom is -0.492 e. The number of aromatic nitrogens is 2. The van der Waals surface area contributed by atoms with Gasteiger partial charge in [-0.3, -0.25) is 0 Å². The maximum Gasteiger partial charge on any atom is 0.219 e. The van der Waals surface area contributed by atoms with Crippen molar-refractivity contribution in [1.82, 2.24) is 9.13 Å². The monoisotopic (exact) mass is 792 g/mol. The van der Waals surface area contributed by atoms with Gasteiger partial charge in [-0.15, -0.1) is 68.0 Å². The Labute approximate surface area is 320 Å². The summed E-state index contributed by atoms with van der Waals surface area (Å²) in [6, 6.07) is 15.4. The largest absolute Gasteiger partial charge is 0.492 e. The summed E-state index contributed by atoms with van der Waals surface area (Å²) in [6.45, 7) is 5.22. The number of aliphatic imine (C=N–C) groups is 2. The summed E-state index contributed by atoms with van der Waals surface area (Å²) in [6.07, 6.45) is 1.71. The lowest BCUT2D eigenvalue weighted by molar-refractivity contribution is 0.320. The van der Waals surface area contributed by atoms with Gasteiger partial charge in [0.05, 0.1) is 83.0 Å². The zero-order valence-corrected chi connectivity index (χ0v) is 32.9. The number of nitriles is 4. The van der Waals surface area contributed by atoms with Crippen LogP contribution in [0.3, 0.4) is 0 Å². The molecule has 0 aliphatic rings. The third-order valence-electron chi connectivity index (χ3n) is 8.31. The normalized spacial score (nSPS) is 11.3. The summed E-state index contributed by atoms with van der Waals surface area (Å²) in [5.74, 6) is 1.43. The average Bonchev–Trinajstić information content (AvgIpc) is 4.00. The van der Waals surface area contributed by atoms with Gasteiger partial charge in [-0.05, 0) is 25.0 Å². The first-order chi connectivity index (χ1) is 25.3. The molecule has 0 radical (unpaired) electrons. The second-order valence-corrected chi connectivity index (χ2v) is 17.8. The first-order valence-corrected chi connectivity index (χ1v) is 20.9. The predicted molar refractivity (Wildman–Crippen MR) is 218 cm³/mol. The number of fused-ring (bicyclic) bond motifs is 9. The Hall–Kier alpha value is -5.04. The Morgan fingerprint density at radius 1 is 0.577 bits per heavy atom. The highest BCUT2D eigenvalue weighted by Gasteiger charge is 2.27. The number of thiophene rings is 6. The summed E-state index contributed by atoms with van der Waals surface area (Å²) in [7, 11) is 4.25. The predicted octanol–water partition coefficient (Wildman–Crippen LogP) is 11.6. The number of aryl methyl sites for hydroxylation is 2. The maximum atomic E-state index is 9.26. The molecule has 0 bridgehead atoms. The highest BCUT2D eigenvalue weighted by Crippen LogP contribution is 2.55. The Morgan fingerprint density at radius 3 is 1.33 bits per heavy atom. The smallest absolute Gasteiger partial charge is 0.219 e. The minimum absolute atomic E-state index is 0.183. The van der Waals surface area contributed by atoms with E-state index in [1.807, 2.05) is 59.1 Å². The van der Waals surface area contributed by atoms with Crippen LogP contribution in [-0.2, 0) is 14.1 Å². The van der Waals surface area contributed by atoms with E-state index in [-0.39, 0.29) is 11.4 Å². The molecule has 0 saturated carbocycles. The fourth-order valence-electron chi connectivity index (χ4n) is 6.07. The van der Waals surface area contributed by atoms with Gasteiger partial charge < -0.3 is 18.6 Å². The van der Waals surface area contributed by atoms with E-state index in [1.54, 1.807) is 22.7 Å². The third-order valence-corrected chi connectivity index (χ3v) is 15.8. The van der Waals surface area contributed by atoms with Gasteiger partial charge in [0.1, 0.15) is 45.8 Å². The van der Waals surface area contributed by atoms with Crippen molar-refractivity contribution < 1.29 is 9.47 Å². The van der Waals surface area contributed by atoms with E-state index in [0.29, 0.717) is 34.7 Å². The quantitative estimate of drug-likeness (QED) is 0.126. The molecule has 256 valence electrons. The molecule has 0 N–H and O–H groups in total. The van der Waals surface area contributed by atoms with E-state index in [4.69, 9.17) is 9.47 Å². The fraction of sp³-hybridized carbons (Fsp3) is 0.222. The summed E-state index contributed by atoms with van der Waals surface area (Å²) >= 11 is 9.97. The molecule has 0 atom stereocenters. The molecule has 8 aromatic rings. The van der Waals surface area contributed by atoms with Crippen molar-refractivity contribution >= 4 is 140 Å². The molecular weight excluding hydrogens is 769 g/mol. The van der Waals surface area contributed by atoms with E-state index in [2.05, 4.69) is 59.2 Å². The SMILES string of the molecule is CCCOc1cc(N=C(C#N)C#N)sc1-c1cc2c(s1)c1sc3c(sc4c5sc(-c6sc(N=C(C#N)C#N)cc6OCCC)cc5n(C)c43)c1n2C. The number of hydrogen-bond donors (Lipinski definition) is 0. The van der Waals surface area contributed by atoms with Crippen molar-refractivity contribution in [2.45, 2.75) is 26.7 Å². The Kier molecular flexibility index (Phi) is 8.84. The standard InChI is InChI=1S/C36H24N8O2S6/c1-5-7-45-21-11-25(41-17(13-37)14-38)49-31(21)23-9-19-29(47-23)33-27(43(19)3)35-36(51-33)28-34(52-35)30-20(44(28)4)10-24(48-30)32-22(46-8-6-2)12-26(50-32)42-18(15-39)16-40/h9-12H,5-8H2,1-4H3. The Bertz CT molecular complexity index is 2740. The third kappa shape index (κ3) is 5.39. The summed E-state index contributed by atoms with van der Waals surface area (Å²) in [5, 5.41) is 38.2. The van der Waals surface area contributed by atoms with Crippen LogP contribution in [0.1, 0.15) is 26.7 Å². The van der Waals surface area contributed by atoms with Gasteiger partial charge >= 0.3 is 0 Å². The molecule has 8 heterocycles. The van der Waals surface area contributed by atoms with Crippen molar-refractivity contribution in [3.8, 4) is 55.3 Å². The zero-order valence-electron chi connectivity index (χ0n) is 28.0. The van der Waals surface area contributed by atoms with Gasteiger partial charge in [-0.25, -0.2) is 9.98 Å². The number of nitrogens with zero attached hydrogens (tertiary/aromatic N) is 8. The molecular formula is C36H24N8O2S6.